The number of rotatable bonds is 5. The first-order valence-electron chi connectivity index (χ1n) is 7.17. The molecule has 1 heterocycles. The summed E-state index contributed by atoms with van der Waals surface area (Å²) in [6.45, 7) is 5.14. The molecule has 3 unspecified atom stereocenters. The number of hydrogen-bond donors (Lipinski definition) is 1. The summed E-state index contributed by atoms with van der Waals surface area (Å²) in [5, 5.41) is 0. The molecular formula is C16H24FNO. The maximum atomic E-state index is 14.4. The van der Waals surface area contributed by atoms with E-state index in [4.69, 9.17) is 10.5 Å². The second-order valence-corrected chi connectivity index (χ2v) is 5.70. The summed E-state index contributed by atoms with van der Waals surface area (Å²) in [6, 6.07) is 8.20. The van der Waals surface area contributed by atoms with E-state index < -0.39 is 6.17 Å². The second kappa shape index (κ2) is 6.49. The second-order valence-electron chi connectivity index (χ2n) is 5.70. The van der Waals surface area contributed by atoms with Crippen LogP contribution in [0.4, 0.5) is 4.39 Å². The van der Waals surface area contributed by atoms with Crippen LogP contribution >= 0.6 is 0 Å². The summed E-state index contributed by atoms with van der Waals surface area (Å²) < 4.78 is 20.2. The van der Waals surface area contributed by atoms with Crippen molar-refractivity contribution in [3.8, 4) is 0 Å². The number of nitrogens with two attached hydrogens (primary N) is 1. The molecule has 1 aromatic carbocycles. The van der Waals surface area contributed by atoms with Crippen LogP contribution in [-0.4, -0.2) is 19.3 Å². The molecule has 2 N–H and O–H groups in total. The lowest BCUT2D eigenvalue weighted by Gasteiger charge is -2.30. The van der Waals surface area contributed by atoms with E-state index in [-0.39, 0.29) is 17.9 Å². The molecule has 1 aliphatic heterocycles. The van der Waals surface area contributed by atoms with Crippen molar-refractivity contribution in [2.45, 2.75) is 39.0 Å². The Kier molecular flexibility index (Phi) is 4.94. The van der Waals surface area contributed by atoms with Gasteiger partial charge in [0.05, 0.1) is 12.7 Å². The summed E-state index contributed by atoms with van der Waals surface area (Å²) in [5.41, 5.74) is 8.13. The van der Waals surface area contributed by atoms with Gasteiger partial charge in [0, 0.05) is 12.3 Å². The fourth-order valence-corrected chi connectivity index (χ4v) is 2.89. The molecule has 0 saturated carbocycles. The monoisotopic (exact) mass is 265 g/mol. The third-order valence-electron chi connectivity index (χ3n) is 4.12. The molecule has 3 heteroatoms. The molecule has 0 fully saturated rings. The van der Waals surface area contributed by atoms with Gasteiger partial charge in [-0.25, -0.2) is 4.39 Å². The predicted octanol–water partition coefficient (Wildman–Crippen LogP) is 3.26. The zero-order chi connectivity index (χ0) is 13.8. The van der Waals surface area contributed by atoms with E-state index in [2.05, 4.69) is 12.1 Å². The summed E-state index contributed by atoms with van der Waals surface area (Å²) in [4.78, 5) is 0. The Balaban J connectivity index is 2.08. The van der Waals surface area contributed by atoms with Gasteiger partial charge in [-0.1, -0.05) is 38.1 Å². The number of alkyl halides is 1. The number of hydrogen-bond acceptors (Lipinski definition) is 2. The van der Waals surface area contributed by atoms with E-state index in [1.54, 1.807) is 0 Å². The molecule has 0 aromatic heterocycles. The summed E-state index contributed by atoms with van der Waals surface area (Å²) in [6.07, 6.45) is 0.319. The highest BCUT2D eigenvalue weighted by molar-refractivity contribution is 5.30. The molecule has 0 radical (unpaired) electrons. The highest BCUT2D eigenvalue weighted by Gasteiger charge is 2.29. The van der Waals surface area contributed by atoms with Gasteiger partial charge in [0.2, 0.25) is 0 Å². The van der Waals surface area contributed by atoms with Crippen LogP contribution in [0.1, 0.15) is 37.5 Å². The van der Waals surface area contributed by atoms with E-state index in [9.17, 15) is 4.39 Å². The Hall–Kier alpha value is -0.930. The average Bonchev–Trinajstić information content (AvgIpc) is 2.39. The van der Waals surface area contributed by atoms with E-state index in [0.29, 0.717) is 19.6 Å². The minimum Gasteiger partial charge on any atom is -0.373 e. The Labute approximate surface area is 115 Å². The van der Waals surface area contributed by atoms with Crippen molar-refractivity contribution in [3.63, 3.8) is 0 Å². The molecule has 2 nitrogen and oxygen atoms in total. The van der Waals surface area contributed by atoms with E-state index in [1.807, 2.05) is 26.0 Å². The first-order chi connectivity index (χ1) is 9.13. The van der Waals surface area contributed by atoms with Crippen molar-refractivity contribution < 1.29 is 9.13 Å². The largest absolute Gasteiger partial charge is 0.373 e. The van der Waals surface area contributed by atoms with Gasteiger partial charge in [-0.15, -0.1) is 0 Å². The Bertz CT molecular complexity index is 407. The van der Waals surface area contributed by atoms with Gasteiger partial charge in [-0.05, 0) is 30.0 Å². The normalized spacial score (nSPS) is 22.1. The molecule has 0 saturated heterocycles. The third kappa shape index (κ3) is 3.34. The van der Waals surface area contributed by atoms with Crippen LogP contribution in [-0.2, 0) is 11.2 Å². The SMILES string of the molecule is CC(C)C(CN)C(F)CC1OCCc2ccccc21. The van der Waals surface area contributed by atoms with Gasteiger partial charge in [0.15, 0.2) is 0 Å². The first kappa shape index (κ1) is 14.5. The molecule has 1 aromatic rings. The Morgan fingerprint density at radius 1 is 1.37 bits per heavy atom. The zero-order valence-corrected chi connectivity index (χ0v) is 11.8. The average molecular weight is 265 g/mol. The minimum absolute atomic E-state index is 0.0855. The van der Waals surface area contributed by atoms with Gasteiger partial charge in [0.1, 0.15) is 6.17 Å². The fraction of sp³-hybridized carbons (Fsp3) is 0.625. The van der Waals surface area contributed by atoms with Crippen LogP contribution in [0.5, 0.6) is 0 Å². The first-order valence-corrected chi connectivity index (χ1v) is 7.17. The fourth-order valence-electron chi connectivity index (χ4n) is 2.89. The van der Waals surface area contributed by atoms with E-state index in [1.165, 1.54) is 5.56 Å². The molecule has 106 valence electrons. The molecule has 3 atom stereocenters. The molecule has 0 bridgehead atoms. The van der Waals surface area contributed by atoms with Crippen LogP contribution in [0.15, 0.2) is 24.3 Å². The third-order valence-corrected chi connectivity index (χ3v) is 4.12. The van der Waals surface area contributed by atoms with Crippen LogP contribution in [0.2, 0.25) is 0 Å². The minimum atomic E-state index is -0.902. The molecule has 0 amide bonds. The number of fused-ring (bicyclic) bond motifs is 1. The Morgan fingerprint density at radius 2 is 2.11 bits per heavy atom. The highest BCUT2D eigenvalue weighted by Crippen LogP contribution is 2.33. The van der Waals surface area contributed by atoms with Crippen LogP contribution < -0.4 is 5.73 Å². The molecule has 19 heavy (non-hydrogen) atoms. The van der Waals surface area contributed by atoms with Crippen molar-refractivity contribution in [2.24, 2.45) is 17.6 Å². The number of halogens is 1. The Morgan fingerprint density at radius 3 is 2.79 bits per heavy atom. The lowest BCUT2D eigenvalue weighted by molar-refractivity contribution is 0.00793. The number of ether oxygens (including phenoxy) is 1. The maximum Gasteiger partial charge on any atom is 0.107 e. The van der Waals surface area contributed by atoms with Crippen molar-refractivity contribution in [1.29, 1.82) is 0 Å². The molecule has 0 aliphatic carbocycles. The standard InChI is InChI=1S/C16H24FNO/c1-11(2)14(10-18)15(17)9-16-13-6-4-3-5-12(13)7-8-19-16/h3-6,11,14-16H,7-10,18H2,1-2H3. The summed E-state index contributed by atoms with van der Waals surface area (Å²) in [5.74, 6) is 0.177. The van der Waals surface area contributed by atoms with Crippen molar-refractivity contribution in [2.75, 3.05) is 13.2 Å². The zero-order valence-electron chi connectivity index (χ0n) is 11.8. The predicted molar refractivity (Wildman–Crippen MR) is 75.7 cm³/mol. The van der Waals surface area contributed by atoms with Crippen molar-refractivity contribution in [1.82, 2.24) is 0 Å². The summed E-state index contributed by atoms with van der Waals surface area (Å²) in [7, 11) is 0. The van der Waals surface area contributed by atoms with Crippen LogP contribution in [0, 0.1) is 11.8 Å². The van der Waals surface area contributed by atoms with E-state index in [0.717, 1.165) is 12.0 Å². The quantitative estimate of drug-likeness (QED) is 0.887. The van der Waals surface area contributed by atoms with Gasteiger partial charge in [-0.2, -0.15) is 0 Å². The van der Waals surface area contributed by atoms with Crippen LogP contribution in [0.3, 0.4) is 0 Å². The smallest absolute Gasteiger partial charge is 0.107 e. The van der Waals surface area contributed by atoms with Crippen LogP contribution in [0.25, 0.3) is 0 Å². The molecular weight excluding hydrogens is 241 g/mol. The van der Waals surface area contributed by atoms with Crippen molar-refractivity contribution in [3.05, 3.63) is 35.4 Å². The topological polar surface area (TPSA) is 35.2 Å². The van der Waals surface area contributed by atoms with Crippen molar-refractivity contribution >= 4 is 0 Å². The highest BCUT2D eigenvalue weighted by atomic mass is 19.1. The van der Waals surface area contributed by atoms with Gasteiger partial charge >= 0.3 is 0 Å². The van der Waals surface area contributed by atoms with Gasteiger partial charge in [0.25, 0.3) is 0 Å². The molecule has 0 spiro atoms. The lowest BCUT2D eigenvalue weighted by Crippen LogP contribution is -2.31. The lowest BCUT2D eigenvalue weighted by atomic mass is 9.86. The summed E-state index contributed by atoms with van der Waals surface area (Å²) >= 11 is 0. The molecule has 2 rings (SSSR count). The molecule has 1 aliphatic rings. The van der Waals surface area contributed by atoms with Gasteiger partial charge in [-0.3, -0.25) is 0 Å². The van der Waals surface area contributed by atoms with E-state index >= 15 is 0 Å². The maximum absolute atomic E-state index is 14.4. The van der Waals surface area contributed by atoms with Gasteiger partial charge < -0.3 is 10.5 Å². The number of benzene rings is 1.